The monoisotopic (exact) mass is 1060 g/mol. The molecule has 0 aliphatic carbocycles. The third-order valence-electron chi connectivity index (χ3n) is 14.9. The number of benzene rings is 3. The van der Waals surface area contributed by atoms with E-state index in [0.29, 0.717) is 42.5 Å². The number of carbonyl (C=O) groups is 3. The summed E-state index contributed by atoms with van der Waals surface area (Å²) < 4.78 is 12.0. The Morgan fingerprint density at radius 2 is 1.64 bits per heavy atom. The second-order valence-electron chi connectivity index (χ2n) is 21.6. The maximum Gasteiger partial charge on any atom is 0.246 e. The molecule has 5 aromatic rings. The fourth-order valence-corrected chi connectivity index (χ4v) is 11.3. The number of piperazine rings is 1. The molecule has 3 N–H and O–H groups in total. The second kappa shape index (κ2) is 24.3. The Morgan fingerprint density at radius 1 is 0.920 bits per heavy atom. The fourth-order valence-electron chi connectivity index (χ4n) is 10.3. The molecular formula is C57H71ClN10O6S. The molecule has 0 radical (unpaired) electrons. The van der Waals surface area contributed by atoms with Gasteiger partial charge >= 0.3 is 0 Å². The topological polar surface area (TPSA) is 170 Å². The minimum Gasteiger partial charge on any atom is -0.487 e. The van der Waals surface area contributed by atoms with Crippen molar-refractivity contribution >= 4 is 52.3 Å². The van der Waals surface area contributed by atoms with E-state index in [4.69, 9.17) is 32.6 Å². The van der Waals surface area contributed by atoms with Crippen LogP contribution in [0.3, 0.4) is 0 Å². The van der Waals surface area contributed by atoms with E-state index in [1.807, 2.05) is 94.7 Å². The third kappa shape index (κ3) is 13.9. The number of hydrogen-bond acceptors (Lipinski definition) is 13. The summed E-state index contributed by atoms with van der Waals surface area (Å²) in [5, 5.41) is 17.2. The van der Waals surface area contributed by atoms with Crippen LogP contribution < -0.4 is 20.3 Å². The van der Waals surface area contributed by atoms with Crippen LogP contribution in [0.2, 0.25) is 5.02 Å². The SMILES string of the molecule is [C-]#[N+]c1cc(Cl)cc(C(C)(C)c2ccc(OCc3ccnc(N4CCN(C5CCN(CCOCC(=O)N[C@H](C(=O)N6C[C@H](O)C[C@H]6C(=O)N[C@@H](C)c6ccc(-c7scnc7C)cc6)C(C)(C)C)CC5)CC4)n3)cc2)c1. The van der Waals surface area contributed by atoms with Crippen molar-refractivity contribution in [1.29, 1.82) is 0 Å². The Morgan fingerprint density at radius 3 is 2.31 bits per heavy atom. The zero-order chi connectivity index (χ0) is 53.4. The van der Waals surface area contributed by atoms with E-state index in [1.54, 1.807) is 23.6 Å². The molecule has 75 heavy (non-hydrogen) atoms. The van der Waals surface area contributed by atoms with Gasteiger partial charge in [-0.1, -0.05) is 88.7 Å². The number of rotatable bonds is 18. The van der Waals surface area contributed by atoms with Gasteiger partial charge in [0.1, 0.15) is 31.0 Å². The average Bonchev–Trinajstić information content (AvgIpc) is 4.03. The molecule has 3 saturated heterocycles. The van der Waals surface area contributed by atoms with E-state index in [9.17, 15) is 19.5 Å². The first-order chi connectivity index (χ1) is 35.9. The number of β-amino-alcohol motifs (C(OH)–C–C–N with tert-alkyl or cyclic N) is 1. The van der Waals surface area contributed by atoms with Gasteiger partial charge in [0, 0.05) is 68.4 Å². The molecular weight excluding hydrogens is 988 g/mol. The van der Waals surface area contributed by atoms with Crippen molar-refractivity contribution in [2.24, 2.45) is 5.41 Å². The summed E-state index contributed by atoms with van der Waals surface area (Å²) in [6, 6.07) is 21.7. The Balaban J connectivity index is 0.731. The summed E-state index contributed by atoms with van der Waals surface area (Å²) in [6.07, 6.45) is 3.13. The van der Waals surface area contributed by atoms with Gasteiger partial charge in [0.25, 0.3) is 0 Å². The largest absolute Gasteiger partial charge is 0.487 e. The molecule has 0 bridgehead atoms. The fraction of sp³-hybridized carbons (Fsp3) is 0.491. The van der Waals surface area contributed by atoms with Crippen molar-refractivity contribution in [2.75, 3.05) is 70.5 Å². The van der Waals surface area contributed by atoms with Crippen molar-refractivity contribution < 1.29 is 29.0 Å². The first kappa shape index (κ1) is 55.2. The number of anilines is 1. The highest BCUT2D eigenvalue weighted by Crippen LogP contribution is 2.37. The molecule has 18 heteroatoms. The summed E-state index contributed by atoms with van der Waals surface area (Å²) in [7, 11) is 0. The summed E-state index contributed by atoms with van der Waals surface area (Å²) >= 11 is 7.91. The van der Waals surface area contributed by atoms with Crippen molar-refractivity contribution in [3.8, 4) is 16.2 Å². The number of nitrogens with zero attached hydrogens (tertiary/aromatic N) is 8. The number of hydrogen-bond donors (Lipinski definition) is 3. The van der Waals surface area contributed by atoms with Gasteiger partial charge in [-0.2, -0.15) is 0 Å². The number of aliphatic hydroxyl groups excluding tert-OH is 1. The number of piperidine rings is 1. The lowest BCUT2D eigenvalue weighted by Gasteiger charge is -2.42. The van der Waals surface area contributed by atoms with Crippen LogP contribution in [-0.4, -0.2) is 142 Å². The Bertz CT molecular complexity index is 2800. The lowest BCUT2D eigenvalue weighted by molar-refractivity contribution is -0.144. The third-order valence-corrected chi connectivity index (χ3v) is 16.1. The lowest BCUT2D eigenvalue weighted by Crippen LogP contribution is -2.58. The highest BCUT2D eigenvalue weighted by molar-refractivity contribution is 7.13. The van der Waals surface area contributed by atoms with E-state index < -0.39 is 35.4 Å². The van der Waals surface area contributed by atoms with Crippen molar-refractivity contribution in [1.82, 2.24) is 40.3 Å². The molecule has 3 aliphatic rings. The highest BCUT2D eigenvalue weighted by atomic mass is 35.5. The van der Waals surface area contributed by atoms with E-state index in [1.165, 1.54) is 4.90 Å². The zero-order valence-corrected chi connectivity index (χ0v) is 45.8. The number of aryl methyl sites for hydroxylation is 1. The van der Waals surface area contributed by atoms with Crippen LogP contribution in [0.5, 0.6) is 5.75 Å². The van der Waals surface area contributed by atoms with Crippen LogP contribution >= 0.6 is 22.9 Å². The van der Waals surface area contributed by atoms with Crippen LogP contribution in [0.25, 0.3) is 15.3 Å². The Hall–Kier alpha value is -6.00. The molecule has 8 rings (SSSR count). The summed E-state index contributed by atoms with van der Waals surface area (Å²) in [4.78, 5) is 68.3. The second-order valence-corrected chi connectivity index (χ2v) is 22.9. The average molecular weight is 1060 g/mol. The molecule has 0 spiro atoms. The number of aliphatic hydroxyl groups is 1. The normalized spacial score (nSPS) is 18.8. The minimum atomic E-state index is -0.938. The smallest absolute Gasteiger partial charge is 0.246 e. The standard InChI is InChI=1S/C57H71ClN10O6S/c1-37(39-9-11-40(12-10-39)51-38(2)61-36-75-51)62-53(71)49-32-47(69)33-68(49)54(72)52(56(3,4)5)64-50(70)35-73-28-27-65-21-18-46(19-22-65)66-23-25-67(26-24-66)55-60-20-17-44(63-55)34-74-48-15-13-41(14-16-48)57(6,7)42-29-43(58)31-45(30-42)59-8/h9-17,20,29-31,36-37,46-47,49,52,69H,18-19,21-28,32-35H2,1-7H3,(H,62,71)(H,64,70)/t37-,47+,49-,52+/m0/s1. The molecule has 2 aromatic heterocycles. The molecule has 5 heterocycles. The van der Waals surface area contributed by atoms with Crippen molar-refractivity contribution in [3.63, 3.8) is 0 Å². The van der Waals surface area contributed by atoms with Gasteiger partial charge in [0.15, 0.2) is 5.69 Å². The Labute approximate surface area is 450 Å². The summed E-state index contributed by atoms with van der Waals surface area (Å²) in [5.74, 6) is 0.280. The van der Waals surface area contributed by atoms with Gasteiger partial charge in [-0.05, 0) is 97.8 Å². The molecule has 3 fully saturated rings. The maximum atomic E-state index is 14.2. The predicted octanol–water partition coefficient (Wildman–Crippen LogP) is 7.99. The number of carbonyl (C=O) groups excluding carboxylic acids is 3. The molecule has 0 saturated carbocycles. The maximum absolute atomic E-state index is 14.2. The van der Waals surface area contributed by atoms with Gasteiger partial charge in [-0.15, -0.1) is 11.3 Å². The predicted molar refractivity (Wildman–Crippen MR) is 293 cm³/mol. The van der Waals surface area contributed by atoms with E-state index >= 15 is 0 Å². The summed E-state index contributed by atoms with van der Waals surface area (Å²) in [5.41, 5.74) is 7.12. The first-order valence-electron chi connectivity index (χ1n) is 26.0. The van der Waals surface area contributed by atoms with Crippen LogP contribution in [0, 0.1) is 18.9 Å². The quantitative estimate of drug-likeness (QED) is 0.0572. The van der Waals surface area contributed by atoms with Crippen LogP contribution in [0.1, 0.15) is 94.9 Å². The van der Waals surface area contributed by atoms with E-state index in [2.05, 4.69) is 66.1 Å². The molecule has 16 nitrogen and oxygen atoms in total. The first-order valence-corrected chi connectivity index (χ1v) is 27.2. The number of amides is 3. The van der Waals surface area contributed by atoms with Gasteiger partial charge in [0.05, 0.1) is 47.1 Å². The minimum absolute atomic E-state index is 0.000305. The van der Waals surface area contributed by atoms with Crippen LogP contribution in [0.4, 0.5) is 11.6 Å². The number of likely N-dealkylation sites (tertiary alicyclic amines) is 2. The van der Waals surface area contributed by atoms with Crippen molar-refractivity contribution in [2.45, 2.75) is 110 Å². The molecule has 3 amide bonds. The van der Waals surface area contributed by atoms with Gasteiger partial charge in [-0.3, -0.25) is 19.3 Å². The zero-order valence-electron chi connectivity index (χ0n) is 44.2. The molecule has 3 aromatic carbocycles. The van der Waals surface area contributed by atoms with Gasteiger partial charge in [-0.25, -0.2) is 19.8 Å². The number of aromatic nitrogens is 3. The van der Waals surface area contributed by atoms with Gasteiger partial charge in [0.2, 0.25) is 23.7 Å². The molecule has 4 atom stereocenters. The highest BCUT2D eigenvalue weighted by Gasteiger charge is 2.45. The Kier molecular flexibility index (Phi) is 17.9. The van der Waals surface area contributed by atoms with Gasteiger partial charge < -0.3 is 39.9 Å². The number of halogens is 1. The number of ether oxygens (including phenoxy) is 2. The van der Waals surface area contributed by atoms with E-state index in [0.717, 1.165) is 96.4 Å². The molecule has 3 aliphatic heterocycles. The van der Waals surface area contributed by atoms with Crippen LogP contribution in [0.15, 0.2) is 84.5 Å². The summed E-state index contributed by atoms with van der Waals surface area (Å²) in [6.45, 7) is 27.8. The number of thiazole rings is 1. The molecule has 0 unspecified atom stereocenters. The number of nitrogens with one attached hydrogen (secondary N) is 2. The van der Waals surface area contributed by atoms with Crippen LogP contribution in [-0.2, 0) is 31.1 Å². The van der Waals surface area contributed by atoms with Crippen molar-refractivity contribution in [3.05, 3.63) is 129 Å². The van der Waals surface area contributed by atoms with E-state index in [-0.39, 0.29) is 36.9 Å². The molecule has 398 valence electrons. The lowest BCUT2D eigenvalue weighted by atomic mass is 9.78.